The van der Waals surface area contributed by atoms with Gasteiger partial charge in [-0.2, -0.15) is 0 Å². The molecule has 18 heavy (non-hydrogen) atoms. The molecule has 5 nitrogen and oxygen atoms in total. The van der Waals surface area contributed by atoms with Gasteiger partial charge in [-0.1, -0.05) is 12.1 Å². The molecule has 0 heterocycles. The zero-order valence-corrected chi connectivity index (χ0v) is 10.6. The van der Waals surface area contributed by atoms with Crippen molar-refractivity contribution in [2.75, 3.05) is 11.9 Å². The number of carbonyl (C=O) groups is 2. The Balaban J connectivity index is 2.76. The van der Waals surface area contributed by atoms with Crippen LogP contribution in [0.2, 0.25) is 0 Å². The molecule has 0 spiro atoms. The third-order valence-electron chi connectivity index (χ3n) is 2.42. The van der Waals surface area contributed by atoms with Gasteiger partial charge in [0.25, 0.3) is 0 Å². The van der Waals surface area contributed by atoms with Crippen LogP contribution in [0.3, 0.4) is 0 Å². The maximum atomic E-state index is 11.0. The number of carboxylic acids is 1. The normalized spacial score (nSPS) is 11.7. The minimum atomic E-state index is -1.03. The van der Waals surface area contributed by atoms with E-state index in [9.17, 15) is 9.59 Å². The quantitative estimate of drug-likeness (QED) is 0.710. The standard InChI is InChI=1S/C13H18N2O3/c1-3-14-11-6-4-5-10(7-11)8-12(13(17)18)15-9(2)16/h4-7,12,14H,3,8H2,1-2H3,(H,15,16)(H,17,18)/t12-/m1/s1. The van der Waals surface area contributed by atoms with Crippen LogP contribution in [0, 0.1) is 0 Å². The highest BCUT2D eigenvalue weighted by molar-refractivity contribution is 5.82. The molecule has 0 bridgehead atoms. The van der Waals surface area contributed by atoms with E-state index in [0.717, 1.165) is 17.8 Å². The highest BCUT2D eigenvalue weighted by Gasteiger charge is 2.18. The number of hydrogen-bond acceptors (Lipinski definition) is 3. The topological polar surface area (TPSA) is 78.4 Å². The maximum Gasteiger partial charge on any atom is 0.326 e. The molecule has 1 amide bonds. The summed E-state index contributed by atoms with van der Waals surface area (Å²) in [6.45, 7) is 4.10. The largest absolute Gasteiger partial charge is 0.480 e. The van der Waals surface area contributed by atoms with Gasteiger partial charge in [-0.3, -0.25) is 4.79 Å². The maximum absolute atomic E-state index is 11.0. The number of carbonyl (C=O) groups excluding carboxylic acids is 1. The first-order valence-corrected chi connectivity index (χ1v) is 5.85. The van der Waals surface area contributed by atoms with E-state index in [2.05, 4.69) is 10.6 Å². The molecule has 0 unspecified atom stereocenters. The van der Waals surface area contributed by atoms with Crippen LogP contribution >= 0.6 is 0 Å². The number of nitrogens with one attached hydrogen (secondary N) is 2. The highest BCUT2D eigenvalue weighted by atomic mass is 16.4. The monoisotopic (exact) mass is 250 g/mol. The van der Waals surface area contributed by atoms with E-state index >= 15 is 0 Å². The summed E-state index contributed by atoms with van der Waals surface area (Å²) >= 11 is 0. The van der Waals surface area contributed by atoms with Crippen molar-refractivity contribution in [3.63, 3.8) is 0 Å². The van der Waals surface area contributed by atoms with E-state index in [0.29, 0.717) is 0 Å². The third kappa shape index (κ3) is 4.45. The fourth-order valence-corrected chi connectivity index (χ4v) is 1.69. The summed E-state index contributed by atoms with van der Waals surface area (Å²) in [5.41, 5.74) is 1.82. The fourth-order valence-electron chi connectivity index (χ4n) is 1.69. The van der Waals surface area contributed by atoms with Crippen molar-refractivity contribution < 1.29 is 14.7 Å². The molecule has 0 radical (unpaired) electrons. The number of carboxylic acid groups (broad SMARTS) is 1. The molecule has 98 valence electrons. The molecule has 5 heteroatoms. The Hall–Kier alpha value is -2.04. The Morgan fingerprint density at radius 2 is 2.11 bits per heavy atom. The van der Waals surface area contributed by atoms with Gasteiger partial charge in [-0.25, -0.2) is 4.79 Å². The van der Waals surface area contributed by atoms with Gasteiger partial charge in [0.05, 0.1) is 0 Å². The summed E-state index contributed by atoms with van der Waals surface area (Å²) in [5.74, 6) is -1.37. The number of amides is 1. The first-order chi connectivity index (χ1) is 8.52. The number of rotatable bonds is 6. The lowest BCUT2D eigenvalue weighted by Crippen LogP contribution is -2.41. The van der Waals surface area contributed by atoms with Gasteiger partial charge in [0.1, 0.15) is 6.04 Å². The van der Waals surface area contributed by atoms with Gasteiger partial charge < -0.3 is 15.7 Å². The number of aliphatic carboxylic acids is 1. The van der Waals surface area contributed by atoms with Crippen LogP contribution < -0.4 is 10.6 Å². The first-order valence-electron chi connectivity index (χ1n) is 5.85. The average Bonchev–Trinajstić information content (AvgIpc) is 2.28. The summed E-state index contributed by atoms with van der Waals surface area (Å²) in [6.07, 6.45) is 0.272. The zero-order chi connectivity index (χ0) is 13.5. The number of hydrogen-bond donors (Lipinski definition) is 3. The molecule has 0 aliphatic heterocycles. The molecular weight excluding hydrogens is 232 g/mol. The molecule has 0 aliphatic carbocycles. The summed E-state index contributed by atoms with van der Waals surface area (Å²) in [7, 11) is 0. The van der Waals surface area contributed by atoms with Crippen LogP contribution in [-0.2, 0) is 16.0 Å². The SMILES string of the molecule is CCNc1cccc(C[C@@H](NC(C)=O)C(=O)O)c1. The van der Waals surface area contributed by atoms with Gasteiger partial charge in [-0.15, -0.1) is 0 Å². The van der Waals surface area contributed by atoms with E-state index in [1.807, 2.05) is 31.2 Å². The van der Waals surface area contributed by atoms with Crippen LogP contribution in [0.5, 0.6) is 0 Å². The van der Waals surface area contributed by atoms with Crippen molar-refractivity contribution in [2.24, 2.45) is 0 Å². The van der Waals surface area contributed by atoms with E-state index in [-0.39, 0.29) is 12.3 Å². The van der Waals surface area contributed by atoms with Crippen molar-refractivity contribution in [1.29, 1.82) is 0 Å². The molecule has 0 saturated heterocycles. The number of anilines is 1. The van der Waals surface area contributed by atoms with E-state index in [4.69, 9.17) is 5.11 Å². The molecule has 1 aromatic rings. The summed E-state index contributed by atoms with van der Waals surface area (Å²) in [4.78, 5) is 22.0. The molecule has 3 N–H and O–H groups in total. The van der Waals surface area contributed by atoms with Crippen molar-refractivity contribution in [2.45, 2.75) is 26.3 Å². The van der Waals surface area contributed by atoms with Crippen LogP contribution in [0.4, 0.5) is 5.69 Å². The van der Waals surface area contributed by atoms with Crippen LogP contribution in [0.25, 0.3) is 0 Å². The molecule has 0 saturated carbocycles. The predicted octanol–water partition coefficient (Wildman–Crippen LogP) is 1.25. The fraction of sp³-hybridized carbons (Fsp3) is 0.385. The molecule has 0 aliphatic rings. The van der Waals surface area contributed by atoms with Crippen molar-refractivity contribution in [3.05, 3.63) is 29.8 Å². The van der Waals surface area contributed by atoms with E-state index in [1.54, 1.807) is 0 Å². The Kier molecular flexibility index (Phi) is 5.17. The van der Waals surface area contributed by atoms with Crippen molar-refractivity contribution in [1.82, 2.24) is 5.32 Å². The Labute approximate surface area is 106 Å². The predicted molar refractivity (Wildman–Crippen MR) is 69.6 cm³/mol. The van der Waals surface area contributed by atoms with E-state index < -0.39 is 12.0 Å². The minimum absolute atomic E-state index is 0.272. The van der Waals surface area contributed by atoms with E-state index in [1.165, 1.54) is 6.92 Å². The second-order valence-electron chi connectivity index (χ2n) is 4.03. The van der Waals surface area contributed by atoms with Crippen molar-refractivity contribution >= 4 is 17.6 Å². The molecule has 1 aromatic carbocycles. The summed E-state index contributed by atoms with van der Waals surface area (Å²) in [5, 5.41) is 14.6. The molecular formula is C13H18N2O3. The van der Waals surface area contributed by atoms with Gasteiger partial charge in [-0.05, 0) is 24.6 Å². The Morgan fingerprint density at radius 1 is 1.39 bits per heavy atom. The lowest BCUT2D eigenvalue weighted by Gasteiger charge is -2.14. The second kappa shape index (κ2) is 6.64. The Morgan fingerprint density at radius 3 is 2.67 bits per heavy atom. The number of benzene rings is 1. The highest BCUT2D eigenvalue weighted by Crippen LogP contribution is 2.12. The zero-order valence-electron chi connectivity index (χ0n) is 10.6. The van der Waals surface area contributed by atoms with Gasteiger partial charge in [0.15, 0.2) is 0 Å². The first kappa shape index (κ1) is 14.0. The van der Waals surface area contributed by atoms with Crippen LogP contribution in [-0.4, -0.2) is 29.6 Å². The lowest BCUT2D eigenvalue weighted by atomic mass is 10.1. The second-order valence-corrected chi connectivity index (χ2v) is 4.03. The minimum Gasteiger partial charge on any atom is -0.480 e. The average molecular weight is 250 g/mol. The van der Waals surface area contributed by atoms with Gasteiger partial charge >= 0.3 is 5.97 Å². The lowest BCUT2D eigenvalue weighted by molar-refractivity contribution is -0.141. The molecule has 1 atom stereocenters. The van der Waals surface area contributed by atoms with Gasteiger partial charge in [0.2, 0.25) is 5.91 Å². The van der Waals surface area contributed by atoms with Gasteiger partial charge in [0, 0.05) is 25.6 Å². The summed E-state index contributed by atoms with van der Waals surface area (Å²) < 4.78 is 0. The molecule has 0 aromatic heterocycles. The molecule has 0 fully saturated rings. The Bertz CT molecular complexity index is 432. The van der Waals surface area contributed by atoms with Crippen LogP contribution in [0.1, 0.15) is 19.4 Å². The third-order valence-corrected chi connectivity index (χ3v) is 2.42. The van der Waals surface area contributed by atoms with Crippen molar-refractivity contribution in [3.8, 4) is 0 Å². The smallest absolute Gasteiger partial charge is 0.326 e. The van der Waals surface area contributed by atoms with Crippen LogP contribution in [0.15, 0.2) is 24.3 Å². The molecule has 1 rings (SSSR count). The summed E-state index contributed by atoms with van der Waals surface area (Å²) in [6, 6.07) is 6.63.